The van der Waals surface area contributed by atoms with Gasteiger partial charge in [-0.2, -0.15) is 0 Å². The lowest BCUT2D eigenvalue weighted by Gasteiger charge is -2.13. The van der Waals surface area contributed by atoms with Crippen LogP contribution < -0.4 is 0 Å². The second kappa shape index (κ2) is 9.75. The monoisotopic (exact) mass is 297 g/mol. The number of aldehydes is 1. The molecular formula is C15H23NO3S. The maximum Gasteiger partial charge on any atom is 0.267 e. The van der Waals surface area contributed by atoms with Crippen LogP contribution >= 0.6 is 11.8 Å². The quantitative estimate of drug-likeness (QED) is 0.334. The molecule has 0 aliphatic carbocycles. The number of hydrogen-bond acceptors (Lipinski definition) is 4. The standard InChI is InChI=1S/C15H23NO3S/c1-2-3-4-5-8-11-20-13-12-14(18)16(15(13)19)9-6-7-10-17/h10,12H,2-9,11H2,1H3. The molecule has 0 aromatic heterocycles. The molecule has 0 N–H and O–H groups in total. The number of rotatable bonds is 11. The molecule has 0 bridgehead atoms. The molecule has 0 fully saturated rings. The molecule has 20 heavy (non-hydrogen) atoms. The predicted molar refractivity (Wildman–Crippen MR) is 81.3 cm³/mol. The molecule has 2 amide bonds. The summed E-state index contributed by atoms with van der Waals surface area (Å²) in [6, 6.07) is 0. The first-order valence-corrected chi connectivity index (χ1v) is 8.33. The molecule has 0 saturated heterocycles. The SMILES string of the molecule is CCCCCCCSC1=CC(=O)N(CCCC=O)C1=O. The summed E-state index contributed by atoms with van der Waals surface area (Å²) in [7, 11) is 0. The Morgan fingerprint density at radius 2 is 1.90 bits per heavy atom. The minimum atomic E-state index is -0.241. The fourth-order valence-electron chi connectivity index (χ4n) is 2.02. The van der Waals surface area contributed by atoms with E-state index in [0.717, 1.165) is 18.5 Å². The molecule has 1 rings (SSSR count). The van der Waals surface area contributed by atoms with Gasteiger partial charge in [0.25, 0.3) is 11.8 Å². The third-order valence-corrected chi connectivity index (χ3v) is 4.28. The van der Waals surface area contributed by atoms with Crippen LogP contribution in [0.4, 0.5) is 0 Å². The molecule has 0 atom stereocenters. The predicted octanol–water partition coefficient (Wildman–Crippen LogP) is 2.92. The Morgan fingerprint density at radius 1 is 1.15 bits per heavy atom. The summed E-state index contributed by atoms with van der Waals surface area (Å²) in [6.45, 7) is 2.52. The fourth-order valence-corrected chi connectivity index (χ4v) is 3.01. The second-order valence-electron chi connectivity index (χ2n) is 4.88. The Hall–Kier alpha value is -1.10. The highest BCUT2D eigenvalue weighted by Gasteiger charge is 2.30. The zero-order chi connectivity index (χ0) is 14.8. The Bertz CT molecular complexity index is 379. The number of thioether (sulfide) groups is 1. The molecule has 1 heterocycles. The van der Waals surface area contributed by atoms with Gasteiger partial charge >= 0.3 is 0 Å². The van der Waals surface area contributed by atoms with Crippen LogP contribution in [0.25, 0.3) is 0 Å². The van der Waals surface area contributed by atoms with Crippen molar-refractivity contribution >= 4 is 29.9 Å². The lowest BCUT2D eigenvalue weighted by molar-refractivity contribution is -0.137. The molecular weight excluding hydrogens is 274 g/mol. The molecule has 0 saturated carbocycles. The van der Waals surface area contributed by atoms with Gasteiger partial charge in [-0.05, 0) is 18.6 Å². The molecule has 1 aliphatic heterocycles. The average molecular weight is 297 g/mol. The van der Waals surface area contributed by atoms with E-state index in [9.17, 15) is 14.4 Å². The minimum Gasteiger partial charge on any atom is -0.303 e. The highest BCUT2D eigenvalue weighted by atomic mass is 32.2. The lowest BCUT2D eigenvalue weighted by atomic mass is 10.2. The highest BCUT2D eigenvalue weighted by molar-refractivity contribution is 8.04. The summed E-state index contributed by atoms with van der Waals surface area (Å²) in [6.07, 6.45) is 9.15. The molecule has 4 nitrogen and oxygen atoms in total. The molecule has 0 radical (unpaired) electrons. The first kappa shape index (κ1) is 17.0. The van der Waals surface area contributed by atoms with Gasteiger partial charge in [0.05, 0.1) is 4.91 Å². The van der Waals surface area contributed by atoms with Gasteiger partial charge in [0.2, 0.25) is 0 Å². The van der Waals surface area contributed by atoms with Crippen LogP contribution in [0.5, 0.6) is 0 Å². The molecule has 0 unspecified atom stereocenters. The number of carbonyl (C=O) groups is 3. The zero-order valence-corrected chi connectivity index (χ0v) is 12.9. The minimum absolute atomic E-state index is 0.195. The number of nitrogens with zero attached hydrogens (tertiary/aromatic N) is 1. The van der Waals surface area contributed by atoms with E-state index in [4.69, 9.17) is 0 Å². The first-order valence-electron chi connectivity index (χ1n) is 7.34. The Balaban J connectivity index is 2.26. The van der Waals surface area contributed by atoms with E-state index in [1.807, 2.05) is 0 Å². The van der Waals surface area contributed by atoms with Crippen molar-refractivity contribution in [2.45, 2.75) is 51.9 Å². The third-order valence-electron chi connectivity index (χ3n) is 3.19. The number of unbranched alkanes of at least 4 members (excludes halogenated alkanes) is 5. The Morgan fingerprint density at radius 3 is 2.60 bits per heavy atom. The molecule has 0 spiro atoms. The maximum atomic E-state index is 12.0. The number of amides is 2. The van der Waals surface area contributed by atoms with E-state index in [1.165, 1.54) is 48.4 Å². The summed E-state index contributed by atoms with van der Waals surface area (Å²) < 4.78 is 0. The molecule has 0 aromatic rings. The van der Waals surface area contributed by atoms with Crippen LogP contribution in [-0.2, 0) is 14.4 Å². The van der Waals surface area contributed by atoms with E-state index in [0.29, 0.717) is 24.3 Å². The summed E-state index contributed by atoms with van der Waals surface area (Å²) in [4.78, 5) is 35.7. The lowest BCUT2D eigenvalue weighted by Crippen LogP contribution is -2.31. The Labute approximate surface area is 125 Å². The number of hydrogen-bond donors (Lipinski definition) is 0. The van der Waals surface area contributed by atoms with Gasteiger partial charge in [0.15, 0.2) is 0 Å². The summed E-state index contributed by atoms with van der Waals surface area (Å²) in [5.74, 6) is 0.449. The normalized spacial score (nSPS) is 14.8. The number of imide groups is 1. The van der Waals surface area contributed by atoms with Crippen molar-refractivity contribution in [3.05, 3.63) is 11.0 Å². The van der Waals surface area contributed by atoms with Gasteiger partial charge in [-0.3, -0.25) is 14.5 Å². The highest BCUT2D eigenvalue weighted by Crippen LogP contribution is 2.25. The molecule has 5 heteroatoms. The van der Waals surface area contributed by atoms with E-state index >= 15 is 0 Å². The smallest absolute Gasteiger partial charge is 0.267 e. The van der Waals surface area contributed by atoms with Crippen molar-refractivity contribution in [1.29, 1.82) is 0 Å². The second-order valence-corrected chi connectivity index (χ2v) is 6.01. The van der Waals surface area contributed by atoms with Crippen LogP contribution in [0.1, 0.15) is 51.9 Å². The third kappa shape index (κ3) is 5.49. The van der Waals surface area contributed by atoms with Gasteiger partial charge in [-0.15, -0.1) is 11.8 Å². The first-order chi connectivity index (χ1) is 9.70. The summed E-state index contributed by atoms with van der Waals surface area (Å²) >= 11 is 1.48. The number of carbonyl (C=O) groups excluding carboxylic acids is 3. The molecule has 1 aliphatic rings. The zero-order valence-electron chi connectivity index (χ0n) is 12.1. The van der Waals surface area contributed by atoms with Crippen molar-refractivity contribution in [3.63, 3.8) is 0 Å². The van der Waals surface area contributed by atoms with Gasteiger partial charge < -0.3 is 4.79 Å². The van der Waals surface area contributed by atoms with Crippen molar-refractivity contribution in [2.75, 3.05) is 12.3 Å². The van der Waals surface area contributed by atoms with Gasteiger partial charge in [-0.25, -0.2) is 0 Å². The molecule has 112 valence electrons. The van der Waals surface area contributed by atoms with Gasteiger partial charge in [0.1, 0.15) is 6.29 Å². The van der Waals surface area contributed by atoms with E-state index in [-0.39, 0.29) is 11.8 Å². The average Bonchev–Trinajstić information content (AvgIpc) is 2.70. The van der Waals surface area contributed by atoms with Crippen LogP contribution in [0.3, 0.4) is 0 Å². The van der Waals surface area contributed by atoms with Gasteiger partial charge in [0, 0.05) is 19.0 Å². The van der Waals surface area contributed by atoms with Crippen molar-refractivity contribution in [3.8, 4) is 0 Å². The topological polar surface area (TPSA) is 54.5 Å². The van der Waals surface area contributed by atoms with Crippen molar-refractivity contribution < 1.29 is 14.4 Å². The van der Waals surface area contributed by atoms with Crippen LogP contribution in [0.2, 0.25) is 0 Å². The van der Waals surface area contributed by atoms with Crippen LogP contribution in [0.15, 0.2) is 11.0 Å². The van der Waals surface area contributed by atoms with E-state index < -0.39 is 0 Å². The summed E-state index contributed by atoms with van der Waals surface area (Å²) in [5, 5.41) is 0. The maximum absolute atomic E-state index is 12.0. The fraction of sp³-hybridized carbons (Fsp3) is 0.667. The van der Waals surface area contributed by atoms with Crippen LogP contribution in [-0.4, -0.2) is 35.3 Å². The van der Waals surface area contributed by atoms with Crippen molar-refractivity contribution in [1.82, 2.24) is 4.90 Å². The van der Waals surface area contributed by atoms with Crippen molar-refractivity contribution in [2.24, 2.45) is 0 Å². The molecule has 0 aromatic carbocycles. The Kier molecular flexibility index (Phi) is 8.26. The van der Waals surface area contributed by atoms with E-state index in [2.05, 4.69) is 6.92 Å². The van der Waals surface area contributed by atoms with E-state index in [1.54, 1.807) is 0 Å². The van der Waals surface area contributed by atoms with Gasteiger partial charge in [-0.1, -0.05) is 32.6 Å². The largest absolute Gasteiger partial charge is 0.303 e. The summed E-state index contributed by atoms with van der Waals surface area (Å²) in [5.41, 5.74) is 0. The van der Waals surface area contributed by atoms with Crippen LogP contribution in [0, 0.1) is 0 Å².